The molecule has 4 aromatic rings. The number of ether oxygens (including phenoxy) is 3. The van der Waals surface area contributed by atoms with E-state index < -0.39 is 61.4 Å². The molecule has 0 aliphatic carbocycles. The van der Waals surface area contributed by atoms with E-state index in [1.54, 1.807) is 0 Å². The van der Waals surface area contributed by atoms with Crippen molar-refractivity contribution in [2.75, 3.05) is 0 Å². The first-order chi connectivity index (χ1) is 17.1. The summed E-state index contributed by atoms with van der Waals surface area (Å²) in [5.74, 6) is -2.06. The smallest absolute Gasteiger partial charge is 0.217 e. The maximum absolute atomic E-state index is 13.8. The zero-order valence-corrected chi connectivity index (χ0v) is 20.3. The maximum Gasteiger partial charge on any atom is 0.217 e. The molecule has 7 rings (SSSR count). The Morgan fingerprint density at radius 1 is 0.389 bits per heavy atom. The molecule has 4 aromatic carbocycles. The number of hydrogen-bond acceptors (Lipinski definition) is 9. The van der Waals surface area contributed by atoms with E-state index in [0.717, 1.165) is 0 Å². The first-order valence-electron chi connectivity index (χ1n) is 10.4. The Hall–Kier alpha value is -3.87. The molecule has 0 radical (unpaired) electrons. The van der Waals surface area contributed by atoms with Crippen molar-refractivity contribution in [3.05, 3.63) is 72.8 Å². The molecule has 3 aliphatic heterocycles. The first-order valence-corrected chi connectivity index (χ1v) is 14.9. The Kier molecular flexibility index (Phi) is 3.96. The topological polar surface area (TPSA) is 130 Å². The second kappa shape index (κ2) is 6.66. The van der Waals surface area contributed by atoms with Crippen LogP contribution < -0.4 is 14.2 Å². The average Bonchev–Trinajstić information content (AvgIpc) is 2.83. The molecule has 12 heteroatoms. The van der Waals surface area contributed by atoms with Gasteiger partial charge in [0.2, 0.25) is 29.5 Å². The van der Waals surface area contributed by atoms with Crippen molar-refractivity contribution in [2.45, 2.75) is 29.4 Å². The molecule has 0 fully saturated rings. The molecule has 36 heavy (non-hydrogen) atoms. The minimum absolute atomic E-state index is 0.111. The summed E-state index contributed by atoms with van der Waals surface area (Å²) in [6.45, 7) is 0. The Morgan fingerprint density at radius 3 is 0.917 bits per heavy atom. The molecule has 0 unspecified atom stereocenters. The highest BCUT2D eigenvalue weighted by atomic mass is 32.2. The third-order valence-corrected chi connectivity index (χ3v) is 11.6. The SMILES string of the molecule is O=S1(=O)c2ccccc2Oc2c1c1c(c3c2S(=O)(=O)c2ccccc2O3)S(=O)(=O)c2ccccc2O1. The van der Waals surface area contributed by atoms with Gasteiger partial charge >= 0.3 is 0 Å². The van der Waals surface area contributed by atoms with Gasteiger partial charge in [0.1, 0.15) is 31.9 Å². The molecule has 0 spiro atoms. The van der Waals surface area contributed by atoms with E-state index in [0.29, 0.717) is 0 Å². The molecule has 0 aromatic heterocycles. The van der Waals surface area contributed by atoms with Crippen LogP contribution >= 0.6 is 0 Å². The lowest BCUT2D eigenvalue weighted by atomic mass is 10.2. The second-order valence-electron chi connectivity index (χ2n) is 8.13. The van der Waals surface area contributed by atoms with Crippen molar-refractivity contribution >= 4 is 29.5 Å². The van der Waals surface area contributed by atoms with Crippen LogP contribution in [0.4, 0.5) is 0 Å². The van der Waals surface area contributed by atoms with Crippen LogP contribution in [0.5, 0.6) is 34.5 Å². The van der Waals surface area contributed by atoms with Gasteiger partial charge in [-0.2, -0.15) is 0 Å². The monoisotopic (exact) mass is 540 g/mol. The Bertz CT molecular complexity index is 1760. The summed E-state index contributed by atoms with van der Waals surface area (Å²) < 4.78 is 101. The minimum atomic E-state index is -4.49. The van der Waals surface area contributed by atoms with Gasteiger partial charge in [-0.3, -0.25) is 0 Å². The number of para-hydroxylation sites is 3. The highest BCUT2D eigenvalue weighted by molar-refractivity contribution is 7.93. The van der Waals surface area contributed by atoms with Crippen LogP contribution in [0.2, 0.25) is 0 Å². The van der Waals surface area contributed by atoms with E-state index in [1.165, 1.54) is 72.8 Å². The summed E-state index contributed by atoms with van der Waals surface area (Å²) in [6.07, 6.45) is 0. The molecule has 180 valence electrons. The van der Waals surface area contributed by atoms with Gasteiger partial charge in [0.15, 0.2) is 31.9 Å². The van der Waals surface area contributed by atoms with Crippen LogP contribution in [0.1, 0.15) is 0 Å². The van der Waals surface area contributed by atoms with Crippen LogP contribution in [0.3, 0.4) is 0 Å². The third kappa shape index (κ3) is 2.50. The lowest BCUT2D eigenvalue weighted by Crippen LogP contribution is -2.23. The molecule has 0 bridgehead atoms. The number of fused-ring (bicyclic) bond motifs is 9. The van der Waals surface area contributed by atoms with E-state index in [-0.39, 0.29) is 31.9 Å². The van der Waals surface area contributed by atoms with E-state index in [4.69, 9.17) is 14.2 Å². The lowest BCUT2D eigenvalue weighted by molar-refractivity contribution is 0.361. The number of benzene rings is 4. The highest BCUT2D eigenvalue weighted by Crippen LogP contribution is 2.62. The van der Waals surface area contributed by atoms with Gasteiger partial charge in [0.25, 0.3) is 0 Å². The number of rotatable bonds is 0. The quantitative estimate of drug-likeness (QED) is 0.273. The molecular formula is C24H12O9S3. The molecule has 3 aliphatic rings. The van der Waals surface area contributed by atoms with Gasteiger partial charge in [-0.15, -0.1) is 0 Å². The van der Waals surface area contributed by atoms with Gasteiger partial charge in [-0.05, 0) is 36.4 Å². The number of sulfone groups is 3. The van der Waals surface area contributed by atoms with Crippen LogP contribution in [0.25, 0.3) is 0 Å². The summed E-state index contributed by atoms with van der Waals surface area (Å²) in [7, 11) is -13.5. The van der Waals surface area contributed by atoms with Gasteiger partial charge in [-0.1, -0.05) is 36.4 Å². The molecule has 0 atom stereocenters. The van der Waals surface area contributed by atoms with Gasteiger partial charge in [-0.25, -0.2) is 25.3 Å². The third-order valence-electron chi connectivity index (χ3n) is 6.10. The van der Waals surface area contributed by atoms with Gasteiger partial charge < -0.3 is 14.2 Å². The van der Waals surface area contributed by atoms with Crippen molar-refractivity contribution in [1.82, 2.24) is 0 Å². The Labute approximate surface area is 205 Å². The molecule has 0 amide bonds. The van der Waals surface area contributed by atoms with E-state index >= 15 is 0 Å². The molecule has 0 saturated carbocycles. The summed E-state index contributed by atoms with van der Waals surface area (Å²) in [4.78, 5) is -2.85. The fraction of sp³-hybridized carbons (Fsp3) is 0. The standard InChI is InChI=1S/C24H12O9S3/c25-34(26)16-10-4-1-7-13(16)31-19-22(34)20-24(36(29,30)18-12-6-3-9-15(18)32-20)21-23(19)35(27,28)17-11-5-2-8-14(17)33-21/h1-12H. The fourth-order valence-corrected chi connectivity index (χ4v) is 9.64. The van der Waals surface area contributed by atoms with Crippen molar-refractivity contribution < 1.29 is 39.5 Å². The highest BCUT2D eigenvalue weighted by Gasteiger charge is 2.51. The molecule has 0 saturated heterocycles. The summed E-state index contributed by atoms with van der Waals surface area (Å²) in [5, 5.41) is 0. The summed E-state index contributed by atoms with van der Waals surface area (Å²) in [6, 6.07) is 17.0. The van der Waals surface area contributed by atoms with Crippen LogP contribution in [-0.4, -0.2) is 25.3 Å². The van der Waals surface area contributed by atoms with E-state index in [9.17, 15) is 25.3 Å². The predicted molar refractivity (Wildman–Crippen MR) is 122 cm³/mol. The Balaban J connectivity index is 1.71. The van der Waals surface area contributed by atoms with Crippen molar-refractivity contribution in [1.29, 1.82) is 0 Å². The summed E-state index contributed by atoms with van der Waals surface area (Å²) >= 11 is 0. The van der Waals surface area contributed by atoms with E-state index in [1.807, 2.05) is 0 Å². The summed E-state index contributed by atoms with van der Waals surface area (Å²) in [5.41, 5.74) is 0. The van der Waals surface area contributed by atoms with Crippen molar-refractivity contribution in [2.24, 2.45) is 0 Å². The molecular weight excluding hydrogens is 528 g/mol. The van der Waals surface area contributed by atoms with Crippen molar-refractivity contribution in [3.8, 4) is 34.5 Å². The van der Waals surface area contributed by atoms with Crippen LogP contribution in [0.15, 0.2) is 102 Å². The fourth-order valence-electron chi connectivity index (χ4n) is 4.56. The zero-order valence-electron chi connectivity index (χ0n) is 17.8. The minimum Gasteiger partial charge on any atom is -0.453 e. The molecule has 9 nitrogen and oxygen atoms in total. The first kappa shape index (κ1) is 21.4. The zero-order chi connectivity index (χ0) is 25.0. The maximum atomic E-state index is 13.8. The van der Waals surface area contributed by atoms with Gasteiger partial charge in [0.05, 0.1) is 0 Å². The molecule has 3 heterocycles. The van der Waals surface area contributed by atoms with Gasteiger partial charge in [0, 0.05) is 0 Å². The largest absolute Gasteiger partial charge is 0.453 e. The normalized spacial score (nSPS) is 18.3. The van der Waals surface area contributed by atoms with E-state index in [2.05, 4.69) is 0 Å². The van der Waals surface area contributed by atoms with Crippen LogP contribution in [-0.2, 0) is 29.5 Å². The Morgan fingerprint density at radius 2 is 0.639 bits per heavy atom. The lowest BCUT2D eigenvalue weighted by Gasteiger charge is -2.32. The van der Waals surface area contributed by atoms with Crippen molar-refractivity contribution in [3.63, 3.8) is 0 Å². The molecule has 0 N–H and O–H groups in total. The number of hydrogen-bond donors (Lipinski definition) is 0. The second-order valence-corrected chi connectivity index (χ2v) is 13.7. The van der Waals surface area contributed by atoms with Crippen LogP contribution in [0, 0.1) is 0 Å². The predicted octanol–water partition coefficient (Wildman–Crippen LogP) is 4.50. The average molecular weight is 541 g/mol.